The van der Waals surface area contributed by atoms with Crippen molar-refractivity contribution in [2.75, 3.05) is 6.54 Å². The Morgan fingerprint density at radius 3 is 2.55 bits per heavy atom. The van der Waals surface area contributed by atoms with Gasteiger partial charge in [-0.1, -0.05) is 6.92 Å². The number of benzene rings is 1. The van der Waals surface area contributed by atoms with Crippen LogP contribution in [0.25, 0.3) is 0 Å². The Morgan fingerprint density at radius 2 is 2.09 bits per heavy atom. The molecule has 0 aliphatic heterocycles. The molecule has 1 saturated carbocycles. The molecule has 1 aliphatic rings. The molecule has 7 nitrogen and oxygen atoms in total. The number of carbonyl (C=O) groups is 2. The van der Waals surface area contributed by atoms with E-state index in [0.717, 1.165) is 12.8 Å². The Bertz CT molecular complexity index is 624. The lowest BCUT2D eigenvalue weighted by Crippen LogP contribution is -2.38. The van der Waals surface area contributed by atoms with E-state index in [4.69, 9.17) is 5.11 Å². The zero-order chi connectivity index (χ0) is 16.4. The van der Waals surface area contributed by atoms with Crippen LogP contribution in [0.3, 0.4) is 0 Å². The predicted octanol–water partition coefficient (Wildman–Crippen LogP) is 2.23. The van der Waals surface area contributed by atoms with E-state index in [1.165, 1.54) is 18.2 Å². The monoisotopic (exact) mass is 306 g/mol. The standard InChI is InChI=1S/C15H18N2O5/c1-9-7-11(3-6-13(9)17(21)22)14(18)16(12-4-5-12)8-10(2)15(19)20/h3,6-7,10,12H,4-5,8H2,1-2H3,(H,19,20). The first-order chi connectivity index (χ1) is 10.3. The van der Waals surface area contributed by atoms with Gasteiger partial charge in [0, 0.05) is 29.8 Å². The summed E-state index contributed by atoms with van der Waals surface area (Å²) >= 11 is 0. The number of hydrogen-bond acceptors (Lipinski definition) is 4. The molecule has 7 heteroatoms. The maximum Gasteiger partial charge on any atom is 0.308 e. The number of nitrogens with zero attached hydrogens (tertiary/aromatic N) is 2. The van der Waals surface area contributed by atoms with Gasteiger partial charge in [-0.2, -0.15) is 0 Å². The molecule has 1 atom stereocenters. The molecule has 22 heavy (non-hydrogen) atoms. The molecule has 0 spiro atoms. The van der Waals surface area contributed by atoms with Crippen LogP contribution in [0.2, 0.25) is 0 Å². The molecule has 1 aliphatic carbocycles. The Balaban J connectivity index is 2.22. The van der Waals surface area contributed by atoms with Crippen molar-refractivity contribution in [2.24, 2.45) is 5.92 Å². The van der Waals surface area contributed by atoms with Gasteiger partial charge in [-0.25, -0.2) is 0 Å². The van der Waals surface area contributed by atoms with E-state index < -0.39 is 16.8 Å². The third kappa shape index (κ3) is 3.41. The van der Waals surface area contributed by atoms with Crippen LogP contribution >= 0.6 is 0 Å². The molecule has 1 aromatic carbocycles. The first-order valence-corrected chi connectivity index (χ1v) is 7.10. The summed E-state index contributed by atoms with van der Waals surface area (Å²) in [5.74, 6) is -1.87. The number of carbonyl (C=O) groups excluding carboxylic acids is 1. The van der Waals surface area contributed by atoms with Gasteiger partial charge in [0.15, 0.2) is 0 Å². The maximum atomic E-state index is 12.6. The Hall–Kier alpha value is -2.44. The molecule has 0 radical (unpaired) electrons. The van der Waals surface area contributed by atoms with E-state index in [9.17, 15) is 19.7 Å². The van der Waals surface area contributed by atoms with E-state index in [1.807, 2.05) is 0 Å². The smallest absolute Gasteiger partial charge is 0.308 e. The fraction of sp³-hybridized carbons (Fsp3) is 0.467. The number of aryl methyl sites for hydroxylation is 1. The molecular weight excluding hydrogens is 288 g/mol. The lowest BCUT2D eigenvalue weighted by molar-refractivity contribution is -0.385. The quantitative estimate of drug-likeness (QED) is 0.641. The average molecular weight is 306 g/mol. The molecule has 0 saturated heterocycles. The number of rotatable bonds is 6. The summed E-state index contributed by atoms with van der Waals surface area (Å²) in [5, 5.41) is 19.8. The number of carboxylic acid groups (broad SMARTS) is 1. The summed E-state index contributed by atoms with van der Waals surface area (Å²) in [5.41, 5.74) is 0.735. The highest BCUT2D eigenvalue weighted by molar-refractivity contribution is 5.95. The summed E-state index contributed by atoms with van der Waals surface area (Å²) in [6.07, 6.45) is 1.73. The zero-order valence-corrected chi connectivity index (χ0v) is 12.5. The molecule has 0 bridgehead atoms. The second-order valence-electron chi connectivity index (χ2n) is 5.69. The summed E-state index contributed by atoms with van der Waals surface area (Å²) in [7, 11) is 0. The highest BCUT2D eigenvalue weighted by atomic mass is 16.6. The average Bonchev–Trinajstić information content (AvgIpc) is 3.27. The van der Waals surface area contributed by atoms with E-state index in [0.29, 0.717) is 11.1 Å². The van der Waals surface area contributed by atoms with Crippen molar-refractivity contribution in [2.45, 2.75) is 32.7 Å². The summed E-state index contributed by atoms with van der Waals surface area (Å²) in [6.45, 7) is 3.29. The van der Waals surface area contributed by atoms with Gasteiger partial charge >= 0.3 is 5.97 Å². The minimum absolute atomic E-state index is 0.0339. The van der Waals surface area contributed by atoms with E-state index in [2.05, 4.69) is 0 Å². The minimum atomic E-state index is -0.946. The third-order valence-corrected chi connectivity index (χ3v) is 3.78. The highest BCUT2D eigenvalue weighted by Crippen LogP contribution is 2.30. The van der Waals surface area contributed by atoms with Crippen molar-refractivity contribution in [1.82, 2.24) is 4.90 Å². The number of nitro groups is 1. The first kappa shape index (κ1) is 15.9. The van der Waals surface area contributed by atoms with Crippen molar-refractivity contribution in [1.29, 1.82) is 0 Å². The zero-order valence-electron chi connectivity index (χ0n) is 12.5. The molecular formula is C15H18N2O5. The largest absolute Gasteiger partial charge is 0.481 e. The van der Waals surface area contributed by atoms with Gasteiger partial charge in [0.25, 0.3) is 11.6 Å². The van der Waals surface area contributed by atoms with Crippen molar-refractivity contribution in [3.05, 3.63) is 39.4 Å². The Morgan fingerprint density at radius 1 is 1.45 bits per heavy atom. The van der Waals surface area contributed by atoms with Crippen molar-refractivity contribution < 1.29 is 19.6 Å². The Kier molecular flexibility index (Phi) is 4.44. The van der Waals surface area contributed by atoms with Gasteiger partial charge < -0.3 is 10.0 Å². The van der Waals surface area contributed by atoms with Crippen molar-refractivity contribution in [3.63, 3.8) is 0 Å². The number of aliphatic carboxylic acids is 1. The lowest BCUT2D eigenvalue weighted by atomic mass is 10.1. The SMILES string of the molecule is Cc1cc(C(=O)N(CC(C)C(=O)O)C2CC2)ccc1[N+](=O)[O-]. The molecule has 2 rings (SSSR count). The van der Waals surface area contributed by atoms with Crippen LogP contribution in [-0.4, -0.2) is 39.4 Å². The Labute approximate surface area is 127 Å². The fourth-order valence-electron chi connectivity index (χ4n) is 2.32. The van der Waals surface area contributed by atoms with Gasteiger partial charge in [0.1, 0.15) is 0 Å². The third-order valence-electron chi connectivity index (χ3n) is 3.78. The summed E-state index contributed by atoms with van der Waals surface area (Å²) < 4.78 is 0. The van der Waals surface area contributed by atoms with E-state index in [1.54, 1.807) is 18.7 Å². The predicted molar refractivity (Wildman–Crippen MR) is 78.7 cm³/mol. The van der Waals surface area contributed by atoms with Crippen LogP contribution in [0.15, 0.2) is 18.2 Å². The van der Waals surface area contributed by atoms with Crippen LogP contribution in [0.5, 0.6) is 0 Å². The number of carboxylic acids is 1. The molecule has 1 unspecified atom stereocenters. The minimum Gasteiger partial charge on any atom is -0.481 e. The van der Waals surface area contributed by atoms with Gasteiger partial charge in [0.05, 0.1) is 10.8 Å². The van der Waals surface area contributed by atoms with Crippen LogP contribution in [0.1, 0.15) is 35.7 Å². The summed E-state index contributed by atoms with van der Waals surface area (Å²) in [4.78, 5) is 35.5. The van der Waals surface area contributed by atoms with Gasteiger partial charge in [0.2, 0.25) is 0 Å². The van der Waals surface area contributed by atoms with Gasteiger partial charge in [-0.15, -0.1) is 0 Å². The van der Waals surface area contributed by atoms with Crippen LogP contribution < -0.4 is 0 Å². The molecule has 1 fully saturated rings. The molecule has 1 aromatic rings. The molecule has 1 amide bonds. The first-order valence-electron chi connectivity index (χ1n) is 7.10. The lowest BCUT2D eigenvalue weighted by Gasteiger charge is -2.24. The number of nitro benzene ring substituents is 1. The topological polar surface area (TPSA) is 101 Å². The molecule has 0 aromatic heterocycles. The van der Waals surface area contributed by atoms with Gasteiger partial charge in [-0.05, 0) is 31.9 Å². The second-order valence-corrected chi connectivity index (χ2v) is 5.69. The van der Waals surface area contributed by atoms with E-state index >= 15 is 0 Å². The second kappa shape index (κ2) is 6.13. The van der Waals surface area contributed by atoms with Crippen LogP contribution in [0.4, 0.5) is 5.69 Å². The number of amides is 1. The normalized spacial score (nSPS) is 15.2. The van der Waals surface area contributed by atoms with Gasteiger partial charge in [-0.3, -0.25) is 19.7 Å². The fourth-order valence-corrected chi connectivity index (χ4v) is 2.32. The molecule has 0 heterocycles. The molecule has 118 valence electrons. The number of hydrogen-bond donors (Lipinski definition) is 1. The molecule has 1 N–H and O–H groups in total. The van der Waals surface area contributed by atoms with E-state index in [-0.39, 0.29) is 24.2 Å². The van der Waals surface area contributed by atoms with Crippen LogP contribution in [0, 0.1) is 23.0 Å². The van der Waals surface area contributed by atoms with Crippen molar-refractivity contribution >= 4 is 17.6 Å². The highest BCUT2D eigenvalue weighted by Gasteiger charge is 2.35. The maximum absolute atomic E-state index is 12.6. The summed E-state index contributed by atoms with van der Waals surface area (Å²) in [6, 6.07) is 4.30. The van der Waals surface area contributed by atoms with Crippen molar-refractivity contribution in [3.8, 4) is 0 Å². The van der Waals surface area contributed by atoms with Crippen LogP contribution in [-0.2, 0) is 4.79 Å².